The fourth-order valence-electron chi connectivity index (χ4n) is 2.17. The van der Waals surface area contributed by atoms with Crippen molar-refractivity contribution < 1.29 is 14.4 Å². The van der Waals surface area contributed by atoms with Gasteiger partial charge >= 0.3 is 0 Å². The van der Waals surface area contributed by atoms with Gasteiger partial charge in [-0.3, -0.25) is 4.79 Å². The van der Waals surface area contributed by atoms with E-state index in [4.69, 9.17) is 4.52 Å². The second-order valence-electron chi connectivity index (χ2n) is 6.97. The number of aromatic nitrogens is 2. The smallest absolute Gasteiger partial charge is 0.226 e. The fraction of sp³-hybridized carbons (Fsp3) is 0.800. The van der Waals surface area contributed by atoms with Crippen LogP contribution >= 0.6 is 0 Å². The van der Waals surface area contributed by atoms with Crippen LogP contribution in [0.2, 0.25) is 0 Å². The third kappa shape index (κ3) is 4.52. The maximum atomic E-state index is 11.7. The Morgan fingerprint density at radius 3 is 2.67 bits per heavy atom. The van der Waals surface area contributed by atoms with E-state index in [1.807, 2.05) is 20.8 Å². The van der Waals surface area contributed by atoms with Gasteiger partial charge in [0.1, 0.15) is 0 Å². The number of nitrogens with zero attached hydrogens (tertiary/aromatic N) is 2. The molecule has 0 aromatic carbocycles. The minimum atomic E-state index is -0.663. The zero-order valence-corrected chi connectivity index (χ0v) is 13.1. The molecule has 6 heteroatoms. The molecule has 0 aliphatic heterocycles. The summed E-state index contributed by atoms with van der Waals surface area (Å²) in [4.78, 5) is 16.0. The Hall–Kier alpha value is -1.43. The topological polar surface area (TPSA) is 88.2 Å². The number of amides is 1. The third-order valence-corrected chi connectivity index (χ3v) is 3.83. The van der Waals surface area contributed by atoms with Crippen LogP contribution < -0.4 is 5.32 Å². The number of hydrogen-bond donors (Lipinski definition) is 2. The highest BCUT2D eigenvalue weighted by Gasteiger charge is 2.34. The van der Waals surface area contributed by atoms with Crippen molar-refractivity contribution in [2.45, 2.75) is 70.3 Å². The second-order valence-corrected chi connectivity index (χ2v) is 6.97. The van der Waals surface area contributed by atoms with E-state index < -0.39 is 5.60 Å². The number of hydrogen-bond acceptors (Lipinski definition) is 5. The van der Waals surface area contributed by atoms with Crippen molar-refractivity contribution in [3.8, 4) is 0 Å². The Kier molecular flexibility index (Phi) is 4.66. The predicted molar refractivity (Wildman–Crippen MR) is 77.7 cm³/mol. The maximum Gasteiger partial charge on any atom is 0.226 e. The first-order valence-electron chi connectivity index (χ1n) is 7.61. The standard InChI is InChI=1S/C15H25N3O3/c1-14(2,3)13-17-12(21-18-13)7-4-6-11(19)16-10-15(20)8-5-9-15/h20H,4-10H2,1-3H3,(H,16,19). The summed E-state index contributed by atoms with van der Waals surface area (Å²) < 4.78 is 5.18. The molecule has 0 atom stereocenters. The van der Waals surface area contributed by atoms with Gasteiger partial charge in [-0.05, 0) is 25.7 Å². The Balaban J connectivity index is 1.67. The molecule has 0 bridgehead atoms. The SMILES string of the molecule is CC(C)(C)c1noc(CCCC(=O)NCC2(O)CCC2)n1. The molecule has 0 radical (unpaired) electrons. The molecule has 118 valence electrons. The summed E-state index contributed by atoms with van der Waals surface area (Å²) in [7, 11) is 0. The average molecular weight is 295 g/mol. The average Bonchev–Trinajstić information content (AvgIpc) is 2.83. The molecule has 1 saturated carbocycles. The zero-order chi connectivity index (χ0) is 15.5. The Morgan fingerprint density at radius 2 is 2.14 bits per heavy atom. The quantitative estimate of drug-likeness (QED) is 0.834. The molecule has 2 rings (SSSR count). The molecule has 0 spiro atoms. The maximum absolute atomic E-state index is 11.7. The highest BCUT2D eigenvalue weighted by Crippen LogP contribution is 2.30. The first-order valence-corrected chi connectivity index (χ1v) is 7.61. The van der Waals surface area contributed by atoms with Crippen molar-refractivity contribution >= 4 is 5.91 Å². The summed E-state index contributed by atoms with van der Waals surface area (Å²) in [6.45, 7) is 6.45. The summed E-state index contributed by atoms with van der Waals surface area (Å²) in [6, 6.07) is 0. The molecular formula is C15H25N3O3. The van der Waals surface area contributed by atoms with E-state index in [1.165, 1.54) is 0 Å². The minimum absolute atomic E-state index is 0.0362. The van der Waals surface area contributed by atoms with E-state index in [9.17, 15) is 9.90 Å². The van der Waals surface area contributed by atoms with Crippen molar-refractivity contribution in [1.29, 1.82) is 0 Å². The highest BCUT2D eigenvalue weighted by molar-refractivity contribution is 5.75. The normalized spacial score (nSPS) is 17.3. The van der Waals surface area contributed by atoms with Gasteiger partial charge in [0, 0.05) is 24.8 Å². The number of aliphatic hydroxyl groups is 1. The number of rotatable bonds is 6. The lowest BCUT2D eigenvalue weighted by Gasteiger charge is -2.36. The Morgan fingerprint density at radius 1 is 1.43 bits per heavy atom. The molecule has 0 unspecified atom stereocenters. The van der Waals surface area contributed by atoms with Crippen LogP contribution in [0.4, 0.5) is 0 Å². The van der Waals surface area contributed by atoms with Crippen LogP contribution in [-0.4, -0.2) is 33.3 Å². The van der Waals surface area contributed by atoms with E-state index in [0.717, 1.165) is 19.3 Å². The van der Waals surface area contributed by atoms with Crippen molar-refractivity contribution in [2.24, 2.45) is 0 Å². The van der Waals surface area contributed by atoms with Gasteiger partial charge in [-0.1, -0.05) is 25.9 Å². The largest absolute Gasteiger partial charge is 0.388 e. The summed E-state index contributed by atoms with van der Waals surface area (Å²) in [6.07, 6.45) is 4.27. The van der Waals surface area contributed by atoms with Crippen LogP contribution in [0.5, 0.6) is 0 Å². The molecule has 21 heavy (non-hydrogen) atoms. The summed E-state index contributed by atoms with van der Waals surface area (Å²) in [5.41, 5.74) is -0.791. The van der Waals surface area contributed by atoms with E-state index in [1.54, 1.807) is 0 Å². The van der Waals surface area contributed by atoms with Gasteiger partial charge in [0.05, 0.1) is 5.60 Å². The Bertz CT molecular complexity index is 487. The Labute approximate surface area is 125 Å². The van der Waals surface area contributed by atoms with Gasteiger partial charge < -0.3 is 14.9 Å². The molecule has 1 aliphatic rings. The van der Waals surface area contributed by atoms with Crippen molar-refractivity contribution in [2.75, 3.05) is 6.54 Å². The first-order chi connectivity index (χ1) is 9.78. The lowest BCUT2D eigenvalue weighted by atomic mass is 9.80. The molecule has 1 aromatic heterocycles. The van der Waals surface area contributed by atoms with E-state index in [2.05, 4.69) is 15.5 Å². The zero-order valence-electron chi connectivity index (χ0n) is 13.1. The fourth-order valence-corrected chi connectivity index (χ4v) is 2.17. The van der Waals surface area contributed by atoms with Crippen LogP contribution in [0.25, 0.3) is 0 Å². The van der Waals surface area contributed by atoms with Gasteiger partial charge in [-0.15, -0.1) is 0 Å². The third-order valence-electron chi connectivity index (χ3n) is 3.83. The van der Waals surface area contributed by atoms with Crippen LogP contribution in [-0.2, 0) is 16.6 Å². The predicted octanol–water partition coefficient (Wildman–Crippen LogP) is 1.72. The van der Waals surface area contributed by atoms with Crippen LogP contribution in [0.1, 0.15) is 64.6 Å². The molecule has 0 saturated heterocycles. The van der Waals surface area contributed by atoms with Gasteiger partial charge in [0.25, 0.3) is 0 Å². The molecule has 2 N–H and O–H groups in total. The molecule has 1 fully saturated rings. The minimum Gasteiger partial charge on any atom is -0.388 e. The van der Waals surface area contributed by atoms with Crippen molar-refractivity contribution in [1.82, 2.24) is 15.5 Å². The molecular weight excluding hydrogens is 270 g/mol. The van der Waals surface area contributed by atoms with E-state index in [-0.39, 0.29) is 11.3 Å². The van der Waals surface area contributed by atoms with Gasteiger partial charge in [-0.25, -0.2) is 0 Å². The number of carbonyl (C=O) groups is 1. The number of aryl methyl sites for hydroxylation is 1. The molecule has 1 aromatic rings. The van der Waals surface area contributed by atoms with Gasteiger partial charge in [0.2, 0.25) is 11.8 Å². The summed E-state index contributed by atoms with van der Waals surface area (Å²) in [5, 5.41) is 16.6. The van der Waals surface area contributed by atoms with Gasteiger partial charge in [-0.2, -0.15) is 4.98 Å². The van der Waals surface area contributed by atoms with Crippen LogP contribution in [0, 0.1) is 0 Å². The monoisotopic (exact) mass is 295 g/mol. The van der Waals surface area contributed by atoms with Crippen molar-refractivity contribution in [3.05, 3.63) is 11.7 Å². The molecule has 1 amide bonds. The van der Waals surface area contributed by atoms with Crippen LogP contribution in [0.15, 0.2) is 4.52 Å². The summed E-state index contributed by atoms with van der Waals surface area (Å²) in [5.74, 6) is 1.23. The van der Waals surface area contributed by atoms with E-state index in [0.29, 0.717) is 37.5 Å². The van der Waals surface area contributed by atoms with Crippen molar-refractivity contribution in [3.63, 3.8) is 0 Å². The molecule has 6 nitrogen and oxygen atoms in total. The molecule has 1 heterocycles. The highest BCUT2D eigenvalue weighted by atomic mass is 16.5. The number of nitrogens with one attached hydrogen (secondary N) is 1. The van der Waals surface area contributed by atoms with E-state index >= 15 is 0 Å². The lowest BCUT2D eigenvalue weighted by molar-refractivity contribution is -0.123. The second kappa shape index (κ2) is 6.13. The van der Waals surface area contributed by atoms with Crippen LogP contribution in [0.3, 0.4) is 0 Å². The van der Waals surface area contributed by atoms with Gasteiger partial charge in [0.15, 0.2) is 5.82 Å². The lowest BCUT2D eigenvalue weighted by Crippen LogP contribution is -2.47. The molecule has 1 aliphatic carbocycles. The summed E-state index contributed by atoms with van der Waals surface area (Å²) >= 11 is 0. The first kappa shape index (κ1) is 15.9. The number of carbonyl (C=O) groups excluding carboxylic acids is 1.